The fraction of sp³-hybridized carbons (Fsp3) is 0.500. The van der Waals surface area contributed by atoms with Gasteiger partial charge >= 0.3 is 5.97 Å². The number of carboxylic acids is 1. The van der Waals surface area contributed by atoms with Crippen molar-refractivity contribution in [2.24, 2.45) is 5.92 Å². The van der Waals surface area contributed by atoms with Gasteiger partial charge < -0.3 is 20.1 Å². The number of carbonyl (C=O) groups is 3. The molecule has 2 N–H and O–H groups in total. The lowest BCUT2D eigenvalue weighted by molar-refractivity contribution is -0.126. The van der Waals surface area contributed by atoms with Crippen LogP contribution in [0.15, 0.2) is 18.2 Å². The largest absolute Gasteiger partial charge is 0.478 e. The number of amides is 2. The first-order chi connectivity index (χ1) is 12.4. The van der Waals surface area contributed by atoms with Crippen LogP contribution in [0.1, 0.15) is 40.0 Å². The highest BCUT2D eigenvalue weighted by Gasteiger charge is 2.28. The molecule has 1 fully saturated rings. The summed E-state index contributed by atoms with van der Waals surface area (Å²) in [4.78, 5) is 36.9. The third-order valence-corrected chi connectivity index (χ3v) is 4.42. The molecule has 0 aliphatic carbocycles. The predicted octanol–water partition coefficient (Wildman–Crippen LogP) is 1.53. The zero-order valence-corrected chi connectivity index (χ0v) is 14.7. The molecule has 0 unspecified atom stereocenters. The molecule has 2 rings (SSSR count). The first kappa shape index (κ1) is 19.8. The molecular formula is C18H23FN2O5. The average molecular weight is 366 g/mol. The van der Waals surface area contributed by atoms with Crippen LogP contribution in [-0.4, -0.2) is 61.1 Å². The number of carbonyl (C=O) groups excluding carboxylic acids is 2. The number of carboxylic acid groups (broad SMARTS) is 1. The molecule has 0 bridgehead atoms. The summed E-state index contributed by atoms with van der Waals surface area (Å²) in [5.74, 6) is -2.79. The normalized spacial score (nSPS) is 14.9. The maximum Gasteiger partial charge on any atom is 0.335 e. The molecule has 0 spiro atoms. The number of piperidine rings is 1. The van der Waals surface area contributed by atoms with E-state index in [4.69, 9.17) is 9.84 Å². The van der Waals surface area contributed by atoms with Gasteiger partial charge in [-0.1, -0.05) is 0 Å². The number of nitrogens with zero attached hydrogens (tertiary/aromatic N) is 1. The van der Waals surface area contributed by atoms with Crippen LogP contribution >= 0.6 is 0 Å². The van der Waals surface area contributed by atoms with Crippen LogP contribution in [0.4, 0.5) is 4.39 Å². The Bertz CT molecular complexity index is 672. The monoisotopic (exact) mass is 366 g/mol. The number of ether oxygens (including phenoxy) is 1. The zero-order valence-electron chi connectivity index (χ0n) is 14.7. The molecular weight excluding hydrogens is 343 g/mol. The molecule has 1 saturated heterocycles. The smallest absolute Gasteiger partial charge is 0.335 e. The van der Waals surface area contributed by atoms with Crippen LogP contribution in [0.3, 0.4) is 0 Å². The fourth-order valence-electron chi connectivity index (χ4n) is 2.91. The van der Waals surface area contributed by atoms with E-state index < -0.39 is 17.7 Å². The summed E-state index contributed by atoms with van der Waals surface area (Å²) < 4.78 is 19.0. The van der Waals surface area contributed by atoms with Gasteiger partial charge in [-0.05, 0) is 37.5 Å². The van der Waals surface area contributed by atoms with E-state index in [1.165, 1.54) is 17.0 Å². The van der Waals surface area contributed by atoms with Gasteiger partial charge in [0.15, 0.2) is 0 Å². The molecule has 0 radical (unpaired) electrons. The molecule has 0 saturated carbocycles. The van der Waals surface area contributed by atoms with Crippen molar-refractivity contribution in [1.29, 1.82) is 0 Å². The Hall–Kier alpha value is -2.48. The van der Waals surface area contributed by atoms with Crippen molar-refractivity contribution < 1.29 is 28.6 Å². The van der Waals surface area contributed by atoms with Crippen LogP contribution in [0, 0.1) is 11.7 Å². The maximum atomic E-state index is 14.0. The molecule has 2 amide bonds. The van der Waals surface area contributed by atoms with E-state index >= 15 is 0 Å². The van der Waals surface area contributed by atoms with Crippen LogP contribution in [0.5, 0.6) is 0 Å². The summed E-state index contributed by atoms with van der Waals surface area (Å²) in [5.41, 5.74) is -0.361. The van der Waals surface area contributed by atoms with Crippen molar-refractivity contribution in [3.05, 3.63) is 35.1 Å². The van der Waals surface area contributed by atoms with Gasteiger partial charge in [0.2, 0.25) is 5.91 Å². The Kier molecular flexibility index (Phi) is 7.08. The second-order valence-electron chi connectivity index (χ2n) is 6.20. The van der Waals surface area contributed by atoms with Crippen molar-refractivity contribution in [2.75, 3.05) is 33.4 Å². The lowest BCUT2D eigenvalue weighted by Gasteiger charge is -2.31. The molecule has 142 valence electrons. The standard InChI is InChI=1S/C18H23FN2O5/c1-26-10-2-7-20-16(22)12-5-8-21(9-6-12)17(23)14-4-3-13(18(24)25)11-15(14)19/h3-4,11-12H,2,5-10H2,1H3,(H,20,22)(H,24,25). The number of hydrogen-bond donors (Lipinski definition) is 2. The molecule has 1 aromatic carbocycles. The van der Waals surface area contributed by atoms with E-state index in [0.29, 0.717) is 39.1 Å². The topological polar surface area (TPSA) is 95.9 Å². The lowest BCUT2D eigenvalue weighted by atomic mass is 9.95. The number of methoxy groups -OCH3 is 1. The second kappa shape index (κ2) is 9.28. The number of nitrogens with one attached hydrogen (secondary N) is 1. The highest BCUT2D eigenvalue weighted by atomic mass is 19.1. The lowest BCUT2D eigenvalue weighted by Crippen LogP contribution is -2.43. The summed E-state index contributed by atoms with van der Waals surface area (Å²) >= 11 is 0. The van der Waals surface area contributed by atoms with E-state index in [9.17, 15) is 18.8 Å². The molecule has 1 aromatic rings. The van der Waals surface area contributed by atoms with Gasteiger partial charge in [-0.2, -0.15) is 0 Å². The van der Waals surface area contributed by atoms with Crippen molar-refractivity contribution in [2.45, 2.75) is 19.3 Å². The van der Waals surface area contributed by atoms with Crippen LogP contribution < -0.4 is 5.32 Å². The summed E-state index contributed by atoms with van der Waals surface area (Å²) in [6.07, 6.45) is 1.76. The highest BCUT2D eigenvalue weighted by molar-refractivity contribution is 5.96. The van der Waals surface area contributed by atoms with Crippen LogP contribution in [-0.2, 0) is 9.53 Å². The number of hydrogen-bond acceptors (Lipinski definition) is 4. The SMILES string of the molecule is COCCCNC(=O)C1CCN(C(=O)c2ccc(C(=O)O)cc2F)CC1. The average Bonchev–Trinajstić information content (AvgIpc) is 2.64. The number of likely N-dealkylation sites (tertiary alicyclic amines) is 1. The minimum Gasteiger partial charge on any atom is -0.478 e. The fourth-order valence-corrected chi connectivity index (χ4v) is 2.91. The number of halogens is 1. The van der Waals surface area contributed by atoms with Crippen molar-refractivity contribution in [3.8, 4) is 0 Å². The molecule has 26 heavy (non-hydrogen) atoms. The quantitative estimate of drug-likeness (QED) is 0.714. The predicted molar refractivity (Wildman–Crippen MR) is 91.5 cm³/mol. The Morgan fingerprint density at radius 2 is 2.00 bits per heavy atom. The van der Waals surface area contributed by atoms with Crippen molar-refractivity contribution in [3.63, 3.8) is 0 Å². The second-order valence-corrected chi connectivity index (χ2v) is 6.20. The van der Waals surface area contributed by atoms with Gasteiger partial charge in [0, 0.05) is 39.3 Å². The summed E-state index contributed by atoms with van der Waals surface area (Å²) in [5, 5.41) is 11.7. The number of rotatable bonds is 7. The molecule has 0 atom stereocenters. The minimum atomic E-state index is -1.25. The summed E-state index contributed by atoms with van der Waals surface area (Å²) in [6.45, 7) is 1.84. The van der Waals surface area contributed by atoms with E-state index in [1.807, 2.05) is 0 Å². The van der Waals surface area contributed by atoms with E-state index in [-0.39, 0.29) is 23.0 Å². The number of aromatic carboxylic acids is 1. The molecule has 8 heteroatoms. The minimum absolute atomic E-state index is 0.0369. The summed E-state index contributed by atoms with van der Waals surface area (Å²) in [7, 11) is 1.60. The Balaban J connectivity index is 1.88. The summed E-state index contributed by atoms with van der Waals surface area (Å²) in [6, 6.07) is 3.24. The number of benzene rings is 1. The van der Waals surface area contributed by atoms with Gasteiger partial charge in [-0.3, -0.25) is 9.59 Å². The van der Waals surface area contributed by atoms with Crippen molar-refractivity contribution >= 4 is 17.8 Å². The van der Waals surface area contributed by atoms with Gasteiger partial charge in [-0.25, -0.2) is 9.18 Å². The highest BCUT2D eigenvalue weighted by Crippen LogP contribution is 2.21. The van der Waals surface area contributed by atoms with Crippen molar-refractivity contribution in [1.82, 2.24) is 10.2 Å². The third-order valence-electron chi connectivity index (χ3n) is 4.42. The van der Waals surface area contributed by atoms with Crippen LogP contribution in [0.25, 0.3) is 0 Å². The van der Waals surface area contributed by atoms with E-state index in [1.54, 1.807) is 7.11 Å². The van der Waals surface area contributed by atoms with Gasteiger partial charge in [0.1, 0.15) is 5.82 Å². The molecule has 1 aliphatic rings. The molecule has 7 nitrogen and oxygen atoms in total. The molecule has 1 aliphatic heterocycles. The Morgan fingerprint density at radius 1 is 1.31 bits per heavy atom. The van der Waals surface area contributed by atoms with Gasteiger partial charge in [0.25, 0.3) is 5.91 Å². The maximum absolute atomic E-state index is 14.0. The van der Waals surface area contributed by atoms with Gasteiger partial charge in [0.05, 0.1) is 11.1 Å². The third kappa shape index (κ3) is 5.01. The molecule has 0 aromatic heterocycles. The van der Waals surface area contributed by atoms with Crippen LogP contribution in [0.2, 0.25) is 0 Å². The zero-order chi connectivity index (χ0) is 19.1. The first-order valence-electron chi connectivity index (χ1n) is 8.52. The van der Waals surface area contributed by atoms with E-state index in [0.717, 1.165) is 12.5 Å². The first-order valence-corrected chi connectivity index (χ1v) is 8.52. The Labute approximate surface area is 151 Å². The molecule has 1 heterocycles. The Morgan fingerprint density at radius 3 is 2.58 bits per heavy atom. The van der Waals surface area contributed by atoms with E-state index in [2.05, 4.69) is 5.32 Å². The van der Waals surface area contributed by atoms with Gasteiger partial charge in [-0.15, -0.1) is 0 Å².